The molecule has 5 nitrogen and oxygen atoms in total. The molecule has 0 saturated carbocycles. The van der Waals surface area contributed by atoms with Crippen LogP contribution in [0.2, 0.25) is 0 Å². The summed E-state index contributed by atoms with van der Waals surface area (Å²) in [6.45, 7) is 4.21. The zero-order chi connectivity index (χ0) is 20.9. The van der Waals surface area contributed by atoms with Crippen molar-refractivity contribution in [3.8, 4) is 0 Å². The molecule has 1 aliphatic rings. The molecule has 0 radical (unpaired) electrons. The first-order valence-electron chi connectivity index (χ1n) is 10.8. The van der Waals surface area contributed by atoms with Crippen LogP contribution < -0.4 is 0 Å². The topological polar surface area (TPSA) is 41.4 Å². The molecule has 0 fully saturated rings. The van der Waals surface area contributed by atoms with E-state index in [2.05, 4.69) is 56.9 Å². The predicted octanol–water partition coefficient (Wildman–Crippen LogP) is 5.15. The highest BCUT2D eigenvalue weighted by molar-refractivity contribution is 6.04. The number of fused-ring (bicyclic) bond motifs is 1. The number of hydrogen-bond donors (Lipinski definition) is 0. The van der Waals surface area contributed by atoms with Gasteiger partial charge in [0, 0.05) is 33.7 Å². The van der Waals surface area contributed by atoms with E-state index in [9.17, 15) is 4.79 Å². The number of imidazole rings is 1. The van der Waals surface area contributed by atoms with E-state index in [1.54, 1.807) is 19.0 Å². The number of para-hydroxylation sites is 1. The summed E-state index contributed by atoms with van der Waals surface area (Å²) in [5.74, 6) is -0.00104. The highest BCUT2D eigenvalue weighted by atomic mass is 35.5. The number of hydrogen-bond acceptors (Lipinski definition) is 3. The van der Waals surface area contributed by atoms with Crippen LogP contribution in [0.3, 0.4) is 0 Å². The van der Waals surface area contributed by atoms with Crippen LogP contribution in [0.5, 0.6) is 0 Å². The zero-order valence-corrected chi connectivity index (χ0v) is 20.4. The van der Waals surface area contributed by atoms with Crippen LogP contribution in [0, 0.1) is 0 Å². The Balaban J connectivity index is 0.00000181. The quantitative estimate of drug-likeness (QED) is 0.444. The lowest BCUT2D eigenvalue weighted by Crippen LogP contribution is -2.29. The number of aromatic nitrogens is 2. The van der Waals surface area contributed by atoms with Crippen LogP contribution >= 0.6 is 24.8 Å². The predicted molar refractivity (Wildman–Crippen MR) is 137 cm³/mol. The lowest BCUT2D eigenvalue weighted by atomic mass is 9.99. The largest absolute Gasteiger partial charge is 0.345 e. The fraction of sp³-hybridized carbons (Fsp3) is 0.360. The minimum absolute atomic E-state index is 0. The molecule has 1 aromatic heterocycles. The maximum atomic E-state index is 12.4. The molecule has 2 heterocycles. The van der Waals surface area contributed by atoms with E-state index in [0.717, 1.165) is 56.5 Å². The van der Waals surface area contributed by atoms with Gasteiger partial charge in [-0.05, 0) is 49.1 Å². The molecular formula is C25H32Cl2N4O. The third-order valence-corrected chi connectivity index (χ3v) is 5.85. The highest BCUT2D eigenvalue weighted by Crippen LogP contribution is 2.22. The molecule has 0 spiro atoms. The Morgan fingerprint density at radius 2 is 1.75 bits per heavy atom. The summed E-state index contributed by atoms with van der Waals surface area (Å²) in [4.78, 5) is 21.0. The van der Waals surface area contributed by atoms with E-state index in [-0.39, 0.29) is 30.7 Å². The fourth-order valence-corrected chi connectivity index (χ4v) is 4.13. The minimum Gasteiger partial charge on any atom is -0.345 e. The number of aryl methyl sites for hydroxylation is 1. The number of carbonyl (C=O) groups is 1. The maximum absolute atomic E-state index is 12.4. The molecule has 4 rings (SSSR count). The van der Waals surface area contributed by atoms with Gasteiger partial charge in [0.1, 0.15) is 5.52 Å². The van der Waals surface area contributed by atoms with Crippen molar-refractivity contribution < 1.29 is 4.79 Å². The van der Waals surface area contributed by atoms with E-state index >= 15 is 0 Å². The minimum atomic E-state index is -0.00104. The van der Waals surface area contributed by atoms with Gasteiger partial charge in [-0.15, -0.1) is 24.8 Å². The molecule has 0 N–H and O–H groups in total. The molecule has 0 atom stereocenters. The molecule has 1 amide bonds. The molecule has 2 aromatic carbocycles. The van der Waals surface area contributed by atoms with Crippen molar-refractivity contribution in [3.63, 3.8) is 0 Å². The molecular weight excluding hydrogens is 443 g/mol. The van der Waals surface area contributed by atoms with E-state index in [0.29, 0.717) is 5.56 Å². The monoisotopic (exact) mass is 474 g/mol. The van der Waals surface area contributed by atoms with Gasteiger partial charge in [0.05, 0.1) is 17.4 Å². The molecule has 0 bridgehead atoms. The number of unbranched alkanes of at least 4 members (excludes halogenated alkanes) is 1. The number of halogens is 2. The van der Waals surface area contributed by atoms with Crippen LogP contribution in [-0.4, -0.2) is 59.0 Å². The van der Waals surface area contributed by atoms with Crippen LogP contribution in [-0.2, 0) is 6.54 Å². The normalized spacial score (nSPS) is 13.8. The first kappa shape index (κ1) is 25.9. The van der Waals surface area contributed by atoms with Gasteiger partial charge < -0.3 is 9.47 Å². The molecule has 7 heteroatoms. The van der Waals surface area contributed by atoms with E-state index in [1.165, 1.54) is 11.1 Å². The van der Waals surface area contributed by atoms with Crippen molar-refractivity contribution in [3.05, 3.63) is 72.1 Å². The zero-order valence-electron chi connectivity index (χ0n) is 18.7. The second kappa shape index (κ2) is 12.0. The molecule has 172 valence electrons. The second-order valence-corrected chi connectivity index (χ2v) is 8.16. The third kappa shape index (κ3) is 5.91. The average molecular weight is 475 g/mol. The summed E-state index contributed by atoms with van der Waals surface area (Å²) < 4.78 is 2.17. The van der Waals surface area contributed by atoms with Crippen molar-refractivity contribution in [2.75, 3.05) is 33.7 Å². The van der Waals surface area contributed by atoms with Gasteiger partial charge >= 0.3 is 0 Å². The number of rotatable bonds is 7. The van der Waals surface area contributed by atoms with Crippen molar-refractivity contribution in [1.29, 1.82) is 0 Å². The fourth-order valence-electron chi connectivity index (χ4n) is 4.13. The Labute approximate surface area is 202 Å². The Kier molecular flexibility index (Phi) is 9.76. The lowest BCUT2D eigenvalue weighted by Gasteiger charge is -2.26. The van der Waals surface area contributed by atoms with Crippen molar-refractivity contribution in [2.24, 2.45) is 0 Å². The van der Waals surface area contributed by atoms with Gasteiger partial charge in [-0.1, -0.05) is 42.5 Å². The summed E-state index contributed by atoms with van der Waals surface area (Å²) in [5.41, 5.74) is 5.34. The summed E-state index contributed by atoms with van der Waals surface area (Å²) in [5, 5.41) is 0. The third-order valence-electron chi connectivity index (χ3n) is 5.85. The van der Waals surface area contributed by atoms with E-state index in [1.807, 2.05) is 18.5 Å². The summed E-state index contributed by atoms with van der Waals surface area (Å²) in [6.07, 6.45) is 7.63. The standard InChI is InChI=1S/C25H30N4O.2ClH/c1-27(2)25(30)22-11-8-12-23-24(22)26-19-29(23)16-7-6-15-28-17-13-21(14-18-28)20-9-4-3-5-10-20;;/h3-5,8-13,19H,6-7,14-18H2,1-2H3;2*1H. The van der Waals surface area contributed by atoms with Gasteiger partial charge in [-0.2, -0.15) is 0 Å². The first-order valence-corrected chi connectivity index (χ1v) is 10.8. The Bertz CT molecular complexity index is 1050. The second-order valence-electron chi connectivity index (χ2n) is 8.16. The lowest BCUT2D eigenvalue weighted by molar-refractivity contribution is 0.0829. The van der Waals surface area contributed by atoms with E-state index < -0.39 is 0 Å². The molecule has 32 heavy (non-hydrogen) atoms. The van der Waals surface area contributed by atoms with E-state index in [4.69, 9.17) is 0 Å². The number of nitrogens with zero attached hydrogens (tertiary/aromatic N) is 4. The SMILES string of the molecule is CN(C)C(=O)c1cccc2c1ncn2CCCCN1CC=C(c2ccccc2)CC1.Cl.Cl. The summed E-state index contributed by atoms with van der Waals surface area (Å²) in [6, 6.07) is 16.6. The van der Waals surface area contributed by atoms with Crippen molar-refractivity contribution in [1.82, 2.24) is 19.4 Å². The van der Waals surface area contributed by atoms with Crippen LogP contribution in [0.4, 0.5) is 0 Å². The number of amides is 1. The summed E-state index contributed by atoms with van der Waals surface area (Å²) in [7, 11) is 3.55. The highest BCUT2D eigenvalue weighted by Gasteiger charge is 2.15. The van der Waals surface area contributed by atoms with Gasteiger partial charge in [0.2, 0.25) is 0 Å². The Hall–Kier alpha value is -2.34. The molecule has 0 aliphatic carbocycles. The average Bonchev–Trinajstić information content (AvgIpc) is 3.20. The smallest absolute Gasteiger partial charge is 0.255 e. The summed E-state index contributed by atoms with van der Waals surface area (Å²) >= 11 is 0. The Morgan fingerprint density at radius 1 is 1.00 bits per heavy atom. The van der Waals surface area contributed by atoms with Crippen molar-refractivity contribution in [2.45, 2.75) is 25.8 Å². The molecule has 1 aliphatic heterocycles. The van der Waals surface area contributed by atoms with Gasteiger partial charge in [0.15, 0.2) is 0 Å². The number of benzene rings is 2. The van der Waals surface area contributed by atoms with Gasteiger partial charge in [-0.25, -0.2) is 4.98 Å². The molecule has 0 unspecified atom stereocenters. The molecule has 0 saturated heterocycles. The maximum Gasteiger partial charge on any atom is 0.255 e. The van der Waals surface area contributed by atoms with Crippen LogP contribution in [0.25, 0.3) is 16.6 Å². The van der Waals surface area contributed by atoms with Gasteiger partial charge in [0.25, 0.3) is 5.91 Å². The first-order chi connectivity index (χ1) is 14.6. The molecule has 3 aromatic rings. The van der Waals surface area contributed by atoms with Gasteiger partial charge in [-0.3, -0.25) is 9.69 Å². The van der Waals surface area contributed by atoms with Crippen LogP contribution in [0.1, 0.15) is 35.2 Å². The number of carbonyl (C=O) groups excluding carboxylic acids is 1. The van der Waals surface area contributed by atoms with Crippen LogP contribution in [0.15, 0.2) is 60.9 Å². The van der Waals surface area contributed by atoms with Crippen molar-refractivity contribution >= 4 is 47.3 Å². The Morgan fingerprint density at radius 3 is 2.44 bits per heavy atom.